The predicted molar refractivity (Wildman–Crippen MR) is 261 cm³/mol. The maximum Gasteiger partial charge on any atom is 0.303 e. The van der Waals surface area contributed by atoms with Gasteiger partial charge in [0.2, 0.25) is 0 Å². The van der Waals surface area contributed by atoms with Crippen LogP contribution in [0.5, 0.6) is 0 Å². The number of unbranched alkanes of at least 4 members (excludes halogenated alkanes) is 24. The van der Waals surface area contributed by atoms with Gasteiger partial charge in [-0.05, 0) is 6.42 Å². The van der Waals surface area contributed by atoms with Gasteiger partial charge in [0.1, 0.15) is 0 Å². The molecule has 2 heteroatoms. The fourth-order valence-electron chi connectivity index (χ4n) is 4.21. The standard InChI is InChI=1S/8C6H14.C4H8O2/c8*1-3-5-6-4-2;1-2-3-4(5)6/h8*3-6H2,1-2H3;2-3H2,1H3,(H,5,6). The molecule has 2 nitrogen and oxygen atoms in total. The summed E-state index contributed by atoms with van der Waals surface area (Å²) in [6.45, 7) is 37.6. The third-order valence-electron chi connectivity index (χ3n) is 8.12. The van der Waals surface area contributed by atoms with Crippen LogP contribution < -0.4 is 0 Å². The van der Waals surface area contributed by atoms with Crippen LogP contribution in [0.15, 0.2) is 0 Å². The van der Waals surface area contributed by atoms with Gasteiger partial charge in [-0.15, -0.1) is 0 Å². The van der Waals surface area contributed by atoms with Crippen molar-refractivity contribution < 1.29 is 9.90 Å². The van der Waals surface area contributed by atoms with Crippen LogP contribution in [0.4, 0.5) is 0 Å². The predicted octanol–water partition coefficient (Wildman–Crippen LogP) is 21.6. The van der Waals surface area contributed by atoms with Gasteiger partial charge in [0.05, 0.1) is 0 Å². The fraction of sp³-hybridized carbons (Fsp3) is 0.981. The molecule has 0 aromatic carbocycles. The lowest BCUT2D eigenvalue weighted by Gasteiger charge is -1.86. The van der Waals surface area contributed by atoms with E-state index in [0.29, 0.717) is 6.42 Å². The van der Waals surface area contributed by atoms with Crippen LogP contribution in [0.1, 0.15) is 336 Å². The molecule has 0 aliphatic rings. The van der Waals surface area contributed by atoms with Crippen molar-refractivity contribution in [2.45, 2.75) is 336 Å². The number of hydrogen-bond donors (Lipinski definition) is 1. The summed E-state index contributed by atoms with van der Waals surface area (Å²) in [7, 11) is 0. The Hall–Kier alpha value is -0.530. The fourth-order valence-corrected chi connectivity index (χ4v) is 4.21. The molecule has 0 bridgehead atoms. The van der Waals surface area contributed by atoms with Crippen LogP contribution in [0.3, 0.4) is 0 Å². The quantitative estimate of drug-likeness (QED) is 0.0888. The van der Waals surface area contributed by atoms with Crippen molar-refractivity contribution in [3.63, 3.8) is 0 Å². The van der Waals surface area contributed by atoms with Crippen LogP contribution in [0.25, 0.3) is 0 Å². The first kappa shape index (κ1) is 74.4. The second-order valence-corrected chi connectivity index (χ2v) is 14.8. The van der Waals surface area contributed by atoms with Gasteiger partial charge in [-0.1, -0.05) is 323 Å². The average Bonchev–Trinajstić information content (AvgIpc) is 3.19. The molecule has 0 aliphatic heterocycles. The molecule has 0 atom stereocenters. The molecular weight excluding hydrogens is 657 g/mol. The first-order chi connectivity index (χ1) is 26.1. The smallest absolute Gasteiger partial charge is 0.303 e. The van der Waals surface area contributed by atoms with Crippen LogP contribution in [0.2, 0.25) is 0 Å². The Labute approximate surface area is 350 Å². The maximum atomic E-state index is 9.60. The highest BCUT2D eigenvalue weighted by molar-refractivity contribution is 5.66. The van der Waals surface area contributed by atoms with Gasteiger partial charge >= 0.3 is 5.97 Å². The summed E-state index contributed by atoms with van der Waals surface area (Å²) < 4.78 is 0. The lowest BCUT2D eigenvalue weighted by atomic mass is 10.2. The molecule has 1 N–H and O–H groups in total. The number of carboxylic acid groups (broad SMARTS) is 1. The number of rotatable bonds is 26. The summed E-state index contributed by atoms with van der Waals surface area (Å²) in [4.78, 5) is 9.60. The molecule has 0 spiro atoms. The molecule has 0 aromatic rings. The third kappa shape index (κ3) is 187. The van der Waals surface area contributed by atoms with Gasteiger partial charge in [0, 0.05) is 6.42 Å². The SMILES string of the molecule is CCCC(=O)O.CCCCCC.CCCCCC.CCCCCC.CCCCCC.CCCCCC.CCCCCC.CCCCCC.CCCCCC. The molecule has 0 radical (unpaired) electrons. The largest absolute Gasteiger partial charge is 0.481 e. The lowest BCUT2D eigenvalue weighted by molar-refractivity contribution is -0.137. The van der Waals surface area contributed by atoms with E-state index in [-0.39, 0.29) is 0 Å². The van der Waals surface area contributed by atoms with E-state index in [1.54, 1.807) is 0 Å². The van der Waals surface area contributed by atoms with Crippen molar-refractivity contribution in [1.29, 1.82) is 0 Å². The molecule has 340 valence electrons. The molecule has 0 saturated carbocycles. The highest BCUT2D eigenvalue weighted by Gasteiger charge is 1.87. The van der Waals surface area contributed by atoms with Crippen molar-refractivity contribution >= 4 is 5.97 Å². The van der Waals surface area contributed by atoms with Crippen molar-refractivity contribution in [3.05, 3.63) is 0 Å². The molecule has 0 unspecified atom stereocenters. The average molecular weight is 778 g/mol. The van der Waals surface area contributed by atoms with E-state index in [1.807, 2.05) is 6.92 Å². The van der Waals surface area contributed by atoms with Gasteiger partial charge in [0.25, 0.3) is 0 Å². The van der Waals surface area contributed by atoms with Crippen molar-refractivity contribution in [1.82, 2.24) is 0 Å². The minimum absolute atomic E-state index is 0.292. The first-order valence-corrected chi connectivity index (χ1v) is 25.3. The lowest BCUT2D eigenvalue weighted by Crippen LogP contribution is -1.90. The zero-order valence-corrected chi connectivity index (χ0v) is 42.4. The Balaban J connectivity index is -0.0000000603. The summed E-state index contributed by atoms with van der Waals surface area (Å²) in [5, 5.41) is 7.91. The highest BCUT2D eigenvalue weighted by Crippen LogP contribution is 1.99. The number of carboxylic acids is 1. The minimum atomic E-state index is -0.711. The van der Waals surface area contributed by atoms with E-state index < -0.39 is 5.97 Å². The third-order valence-corrected chi connectivity index (χ3v) is 8.12. The van der Waals surface area contributed by atoms with Crippen LogP contribution in [0, 0.1) is 0 Å². The van der Waals surface area contributed by atoms with E-state index in [2.05, 4.69) is 111 Å². The Morgan fingerprint density at radius 1 is 0.222 bits per heavy atom. The zero-order chi connectivity index (χ0) is 43.6. The Morgan fingerprint density at radius 2 is 0.315 bits per heavy atom. The van der Waals surface area contributed by atoms with Crippen molar-refractivity contribution in [2.24, 2.45) is 0 Å². The molecule has 54 heavy (non-hydrogen) atoms. The van der Waals surface area contributed by atoms with Crippen LogP contribution in [-0.4, -0.2) is 11.1 Å². The summed E-state index contributed by atoms with van der Waals surface area (Å²) in [6.07, 6.45) is 45.3. The minimum Gasteiger partial charge on any atom is -0.481 e. The summed E-state index contributed by atoms with van der Waals surface area (Å²) >= 11 is 0. The summed E-state index contributed by atoms with van der Waals surface area (Å²) in [6, 6.07) is 0. The molecule has 0 saturated heterocycles. The molecule has 0 aromatic heterocycles. The van der Waals surface area contributed by atoms with E-state index in [9.17, 15) is 4.79 Å². The summed E-state index contributed by atoms with van der Waals surface area (Å²) in [5.74, 6) is -0.711. The molecule has 0 fully saturated rings. The van der Waals surface area contributed by atoms with Crippen molar-refractivity contribution in [2.75, 3.05) is 0 Å². The highest BCUT2D eigenvalue weighted by atomic mass is 16.4. The number of aliphatic carboxylic acids is 1. The number of hydrogen-bond acceptors (Lipinski definition) is 1. The topological polar surface area (TPSA) is 37.3 Å². The first-order valence-electron chi connectivity index (χ1n) is 25.3. The summed E-state index contributed by atoms with van der Waals surface area (Å²) in [5.41, 5.74) is 0. The zero-order valence-electron chi connectivity index (χ0n) is 42.4. The van der Waals surface area contributed by atoms with Crippen LogP contribution >= 0.6 is 0 Å². The molecule has 0 heterocycles. The molecule has 0 rings (SSSR count). The van der Waals surface area contributed by atoms with Gasteiger partial charge in [-0.2, -0.15) is 0 Å². The second kappa shape index (κ2) is 105. The Kier molecular flexibility index (Phi) is 144. The monoisotopic (exact) mass is 777 g/mol. The van der Waals surface area contributed by atoms with Crippen LogP contribution in [-0.2, 0) is 4.79 Å². The molecule has 0 aliphatic carbocycles. The van der Waals surface area contributed by atoms with E-state index in [4.69, 9.17) is 5.11 Å². The van der Waals surface area contributed by atoms with E-state index in [0.717, 1.165) is 6.42 Å². The molecular formula is C52H120O2. The maximum absolute atomic E-state index is 9.60. The van der Waals surface area contributed by atoms with E-state index in [1.165, 1.54) is 205 Å². The Morgan fingerprint density at radius 3 is 0.333 bits per heavy atom. The van der Waals surface area contributed by atoms with Gasteiger partial charge in [0.15, 0.2) is 0 Å². The van der Waals surface area contributed by atoms with Gasteiger partial charge in [-0.3, -0.25) is 4.79 Å². The van der Waals surface area contributed by atoms with Crippen molar-refractivity contribution in [3.8, 4) is 0 Å². The number of carbonyl (C=O) groups is 1. The van der Waals surface area contributed by atoms with E-state index >= 15 is 0 Å². The Bertz CT molecular complexity index is 306. The second-order valence-electron chi connectivity index (χ2n) is 14.8. The van der Waals surface area contributed by atoms with Gasteiger partial charge < -0.3 is 5.11 Å². The normalized spacial score (nSPS) is 8.91. The van der Waals surface area contributed by atoms with Gasteiger partial charge in [-0.25, -0.2) is 0 Å². The molecule has 0 amide bonds.